The second kappa shape index (κ2) is 6.22. The minimum absolute atomic E-state index is 0.0132. The molecule has 0 amide bonds. The Morgan fingerprint density at radius 3 is 2.53 bits per heavy atom. The van der Waals surface area contributed by atoms with E-state index in [0.29, 0.717) is 11.9 Å². The summed E-state index contributed by atoms with van der Waals surface area (Å²) in [6, 6.07) is 0.263. The topological polar surface area (TPSA) is 86.0 Å². The average molecular weight is 239 g/mol. The summed E-state index contributed by atoms with van der Waals surface area (Å²) in [7, 11) is 0. The maximum absolute atomic E-state index is 5.59. The van der Waals surface area contributed by atoms with Crippen molar-refractivity contribution in [3.63, 3.8) is 0 Å². The third-order valence-corrected chi connectivity index (χ3v) is 2.28. The second-order valence-corrected chi connectivity index (χ2v) is 4.36. The Bertz CT molecular complexity index is 356. The Kier molecular flexibility index (Phi) is 4.93. The van der Waals surface area contributed by atoms with Crippen LogP contribution in [0.2, 0.25) is 0 Å². The Morgan fingerprint density at radius 2 is 1.94 bits per heavy atom. The van der Waals surface area contributed by atoms with Crippen molar-refractivity contribution in [3.05, 3.63) is 0 Å². The molecule has 96 valence electrons. The number of anilines is 2. The van der Waals surface area contributed by atoms with Crippen molar-refractivity contribution in [3.8, 4) is 6.01 Å². The quantitative estimate of drug-likeness (QED) is 0.785. The Balaban J connectivity index is 2.68. The highest BCUT2D eigenvalue weighted by molar-refractivity contribution is 5.32. The first kappa shape index (κ1) is 13.5. The summed E-state index contributed by atoms with van der Waals surface area (Å²) < 4.78 is 5.39. The van der Waals surface area contributed by atoms with E-state index in [2.05, 4.69) is 34.1 Å². The van der Waals surface area contributed by atoms with Gasteiger partial charge in [-0.1, -0.05) is 20.3 Å². The fourth-order valence-electron chi connectivity index (χ4n) is 1.12. The first-order chi connectivity index (χ1) is 8.01. The first-order valence-corrected chi connectivity index (χ1v) is 5.93. The highest BCUT2D eigenvalue weighted by Crippen LogP contribution is 2.11. The molecule has 0 aliphatic heterocycles. The van der Waals surface area contributed by atoms with Gasteiger partial charge in [0.25, 0.3) is 0 Å². The molecule has 0 spiro atoms. The van der Waals surface area contributed by atoms with Crippen LogP contribution < -0.4 is 15.8 Å². The largest absolute Gasteiger partial charge is 0.461 e. The number of nitrogens with zero attached hydrogens (tertiary/aromatic N) is 3. The lowest BCUT2D eigenvalue weighted by Gasteiger charge is -2.12. The fourth-order valence-corrected chi connectivity index (χ4v) is 1.12. The highest BCUT2D eigenvalue weighted by atomic mass is 16.5. The van der Waals surface area contributed by atoms with Crippen LogP contribution in [0.3, 0.4) is 0 Å². The monoisotopic (exact) mass is 239 g/mol. The van der Waals surface area contributed by atoms with Crippen molar-refractivity contribution >= 4 is 11.9 Å². The van der Waals surface area contributed by atoms with Crippen LogP contribution in [0, 0.1) is 5.92 Å². The third-order valence-electron chi connectivity index (χ3n) is 2.28. The summed E-state index contributed by atoms with van der Waals surface area (Å²) in [5.41, 5.74) is 5.59. The highest BCUT2D eigenvalue weighted by Gasteiger charge is 2.07. The zero-order chi connectivity index (χ0) is 12.8. The molecular weight excluding hydrogens is 218 g/mol. The summed E-state index contributed by atoms with van der Waals surface area (Å²) in [6.45, 7) is 8.92. The SMILES string of the molecule is CCC(C)CNc1nc(N)nc(OC(C)C)n1. The van der Waals surface area contributed by atoms with Crippen LogP contribution >= 0.6 is 0 Å². The van der Waals surface area contributed by atoms with Crippen molar-refractivity contribution < 1.29 is 4.74 Å². The molecule has 1 rings (SSSR count). The van der Waals surface area contributed by atoms with Gasteiger partial charge in [-0.3, -0.25) is 0 Å². The molecule has 1 atom stereocenters. The van der Waals surface area contributed by atoms with E-state index in [1.165, 1.54) is 0 Å². The van der Waals surface area contributed by atoms with Crippen molar-refractivity contribution in [2.24, 2.45) is 5.92 Å². The predicted octanol–water partition coefficient (Wildman–Crippen LogP) is 1.70. The Labute approximate surface area is 102 Å². The molecule has 0 aliphatic carbocycles. The number of aromatic nitrogens is 3. The maximum Gasteiger partial charge on any atom is 0.323 e. The van der Waals surface area contributed by atoms with Gasteiger partial charge in [0, 0.05) is 6.54 Å². The molecule has 1 unspecified atom stereocenters. The summed E-state index contributed by atoms with van der Waals surface area (Å²) in [6.07, 6.45) is 1.11. The van der Waals surface area contributed by atoms with Gasteiger partial charge in [-0.25, -0.2) is 0 Å². The molecular formula is C11H21N5O. The number of nitrogens with one attached hydrogen (secondary N) is 1. The van der Waals surface area contributed by atoms with E-state index in [1.54, 1.807) is 0 Å². The molecule has 0 bridgehead atoms. The number of hydrogen-bond acceptors (Lipinski definition) is 6. The molecule has 6 heteroatoms. The van der Waals surface area contributed by atoms with Gasteiger partial charge in [-0.05, 0) is 19.8 Å². The van der Waals surface area contributed by atoms with Crippen LogP contribution in [0.25, 0.3) is 0 Å². The smallest absolute Gasteiger partial charge is 0.323 e. The molecule has 0 fully saturated rings. The minimum atomic E-state index is 0.0132. The molecule has 1 aromatic rings. The van der Waals surface area contributed by atoms with Gasteiger partial charge in [-0.2, -0.15) is 15.0 Å². The first-order valence-electron chi connectivity index (χ1n) is 5.93. The van der Waals surface area contributed by atoms with E-state index in [9.17, 15) is 0 Å². The summed E-state index contributed by atoms with van der Waals surface area (Å²) in [5.74, 6) is 1.19. The van der Waals surface area contributed by atoms with Crippen molar-refractivity contribution in [1.82, 2.24) is 15.0 Å². The lowest BCUT2D eigenvalue weighted by Crippen LogP contribution is -2.16. The number of rotatable bonds is 6. The van der Waals surface area contributed by atoms with Gasteiger partial charge in [-0.15, -0.1) is 0 Å². The molecule has 0 saturated carbocycles. The zero-order valence-electron chi connectivity index (χ0n) is 10.9. The standard InChI is InChI=1S/C11H21N5O/c1-5-8(4)6-13-10-14-9(12)15-11(16-10)17-7(2)3/h7-8H,5-6H2,1-4H3,(H3,12,13,14,15,16). The van der Waals surface area contributed by atoms with Gasteiger partial charge >= 0.3 is 6.01 Å². The van der Waals surface area contributed by atoms with Crippen LogP contribution in [0.4, 0.5) is 11.9 Å². The normalized spacial score (nSPS) is 12.5. The second-order valence-electron chi connectivity index (χ2n) is 4.36. The summed E-state index contributed by atoms with van der Waals surface area (Å²) in [5, 5.41) is 3.13. The van der Waals surface area contributed by atoms with E-state index in [-0.39, 0.29) is 18.1 Å². The molecule has 1 aromatic heterocycles. The zero-order valence-corrected chi connectivity index (χ0v) is 10.9. The van der Waals surface area contributed by atoms with Gasteiger partial charge in [0.1, 0.15) is 0 Å². The maximum atomic E-state index is 5.59. The minimum Gasteiger partial charge on any atom is -0.461 e. The number of nitrogens with two attached hydrogens (primary N) is 1. The fraction of sp³-hybridized carbons (Fsp3) is 0.727. The Morgan fingerprint density at radius 1 is 1.24 bits per heavy atom. The van der Waals surface area contributed by atoms with E-state index >= 15 is 0 Å². The molecule has 1 heterocycles. The molecule has 0 aromatic carbocycles. The van der Waals surface area contributed by atoms with Crippen molar-refractivity contribution in [2.45, 2.75) is 40.2 Å². The van der Waals surface area contributed by atoms with Crippen molar-refractivity contribution in [2.75, 3.05) is 17.6 Å². The molecule has 0 aliphatic rings. The number of nitrogen functional groups attached to an aromatic ring is 1. The van der Waals surface area contributed by atoms with Gasteiger partial charge in [0.05, 0.1) is 6.10 Å². The van der Waals surface area contributed by atoms with Crippen LogP contribution in [-0.4, -0.2) is 27.6 Å². The van der Waals surface area contributed by atoms with Gasteiger partial charge in [0.2, 0.25) is 11.9 Å². The average Bonchev–Trinajstić information content (AvgIpc) is 2.24. The van der Waals surface area contributed by atoms with Gasteiger partial charge < -0.3 is 15.8 Å². The van der Waals surface area contributed by atoms with E-state index < -0.39 is 0 Å². The third kappa shape index (κ3) is 4.84. The van der Waals surface area contributed by atoms with Crippen LogP contribution in [0.1, 0.15) is 34.1 Å². The molecule has 6 nitrogen and oxygen atoms in total. The number of hydrogen-bond donors (Lipinski definition) is 2. The molecule has 0 saturated heterocycles. The summed E-state index contributed by atoms with van der Waals surface area (Å²) in [4.78, 5) is 12.1. The molecule has 17 heavy (non-hydrogen) atoms. The van der Waals surface area contributed by atoms with Crippen LogP contribution in [-0.2, 0) is 0 Å². The van der Waals surface area contributed by atoms with E-state index in [4.69, 9.17) is 10.5 Å². The van der Waals surface area contributed by atoms with Crippen LogP contribution in [0.5, 0.6) is 6.01 Å². The van der Waals surface area contributed by atoms with E-state index in [1.807, 2.05) is 13.8 Å². The Hall–Kier alpha value is -1.59. The lowest BCUT2D eigenvalue weighted by molar-refractivity contribution is 0.222. The van der Waals surface area contributed by atoms with Crippen molar-refractivity contribution in [1.29, 1.82) is 0 Å². The van der Waals surface area contributed by atoms with Crippen LogP contribution in [0.15, 0.2) is 0 Å². The lowest BCUT2D eigenvalue weighted by atomic mass is 10.1. The predicted molar refractivity (Wildman–Crippen MR) is 67.9 cm³/mol. The summed E-state index contributed by atoms with van der Waals surface area (Å²) >= 11 is 0. The van der Waals surface area contributed by atoms with E-state index in [0.717, 1.165) is 13.0 Å². The molecule has 0 radical (unpaired) electrons. The van der Waals surface area contributed by atoms with Gasteiger partial charge in [0.15, 0.2) is 0 Å². The number of ether oxygens (including phenoxy) is 1. The molecule has 3 N–H and O–H groups in total.